The summed E-state index contributed by atoms with van der Waals surface area (Å²) in [5, 5.41) is 12.3. The minimum absolute atomic E-state index is 0.0376. The number of amides is 1. The summed E-state index contributed by atoms with van der Waals surface area (Å²) in [6.07, 6.45) is 4.28. The highest BCUT2D eigenvalue weighted by Crippen LogP contribution is 2.52. The summed E-state index contributed by atoms with van der Waals surface area (Å²) in [6.45, 7) is 6.04. The molecule has 1 amide bonds. The molecule has 0 heterocycles. The molecule has 0 bridgehead atoms. The molecule has 18 heavy (non-hydrogen) atoms. The standard InChI is InChI=1S/C14H23NO3/c1-13(2)8-10(13)11(16)15-14(3)7-5-4-6-9(14)12(17)18/h9-10H,4-8H2,1-3H3,(H,15,16)(H,17,18). The monoisotopic (exact) mass is 253 g/mol. The molecular weight excluding hydrogens is 230 g/mol. The van der Waals surface area contributed by atoms with Crippen LogP contribution in [0.3, 0.4) is 0 Å². The highest BCUT2D eigenvalue weighted by atomic mass is 16.4. The van der Waals surface area contributed by atoms with Crippen LogP contribution in [0.1, 0.15) is 52.9 Å². The Morgan fingerprint density at radius 3 is 2.28 bits per heavy atom. The van der Waals surface area contributed by atoms with Gasteiger partial charge in [-0.2, -0.15) is 0 Å². The second kappa shape index (κ2) is 4.25. The van der Waals surface area contributed by atoms with E-state index in [0.717, 1.165) is 25.7 Å². The number of nitrogens with one attached hydrogen (secondary N) is 1. The quantitative estimate of drug-likeness (QED) is 0.810. The molecule has 0 radical (unpaired) electrons. The molecule has 0 aromatic heterocycles. The maximum absolute atomic E-state index is 12.2. The lowest BCUT2D eigenvalue weighted by Crippen LogP contribution is -2.56. The highest BCUT2D eigenvalue weighted by Gasteiger charge is 2.53. The third-order valence-corrected chi connectivity index (χ3v) is 4.74. The van der Waals surface area contributed by atoms with Crippen molar-refractivity contribution in [3.8, 4) is 0 Å². The first-order chi connectivity index (χ1) is 8.26. The van der Waals surface area contributed by atoms with E-state index in [1.54, 1.807) is 0 Å². The Labute approximate surface area is 108 Å². The van der Waals surface area contributed by atoms with Crippen molar-refractivity contribution in [1.82, 2.24) is 5.32 Å². The van der Waals surface area contributed by atoms with Crippen molar-refractivity contribution >= 4 is 11.9 Å². The van der Waals surface area contributed by atoms with Gasteiger partial charge in [0.2, 0.25) is 5.91 Å². The van der Waals surface area contributed by atoms with Crippen LogP contribution in [0.5, 0.6) is 0 Å². The lowest BCUT2D eigenvalue weighted by molar-refractivity contribution is -0.146. The van der Waals surface area contributed by atoms with Gasteiger partial charge in [-0.25, -0.2) is 0 Å². The van der Waals surface area contributed by atoms with E-state index in [-0.39, 0.29) is 17.2 Å². The minimum Gasteiger partial charge on any atom is -0.481 e. The van der Waals surface area contributed by atoms with Gasteiger partial charge < -0.3 is 10.4 Å². The van der Waals surface area contributed by atoms with Crippen molar-refractivity contribution in [3.05, 3.63) is 0 Å². The largest absolute Gasteiger partial charge is 0.481 e. The van der Waals surface area contributed by atoms with E-state index in [1.807, 2.05) is 6.92 Å². The molecule has 0 aliphatic heterocycles. The van der Waals surface area contributed by atoms with Crippen molar-refractivity contribution in [2.45, 2.75) is 58.4 Å². The number of hydrogen-bond donors (Lipinski definition) is 2. The molecule has 0 aromatic carbocycles. The van der Waals surface area contributed by atoms with Gasteiger partial charge in [0.1, 0.15) is 0 Å². The summed E-state index contributed by atoms with van der Waals surface area (Å²) in [7, 11) is 0. The van der Waals surface area contributed by atoms with Crippen molar-refractivity contribution < 1.29 is 14.7 Å². The molecule has 2 N–H and O–H groups in total. The second-order valence-corrected chi connectivity index (χ2v) is 6.79. The Balaban J connectivity index is 2.05. The fourth-order valence-electron chi connectivity index (χ4n) is 3.16. The van der Waals surface area contributed by atoms with E-state index < -0.39 is 17.4 Å². The molecule has 102 valence electrons. The Bertz CT molecular complexity index is 377. The first-order valence-corrected chi connectivity index (χ1v) is 6.81. The van der Waals surface area contributed by atoms with Crippen LogP contribution in [0.4, 0.5) is 0 Å². The average Bonchev–Trinajstić information content (AvgIpc) is 2.87. The average molecular weight is 253 g/mol. The summed E-state index contributed by atoms with van der Waals surface area (Å²) in [5.74, 6) is -1.13. The number of carboxylic acid groups (broad SMARTS) is 1. The maximum atomic E-state index is 12.2. The zero-order chi connectivity index (χ0) is 13.6. The van der Waals surface area contributed by atoms with Gasteiger partial charge in [0.05, 0.1) is 11.5 Å². The summed E-state index contributed by atoms with van der Waals surface area (Å²) in [5.41, 5.74) is -0.479. The minimum atomic E-state index is -0.785. The molecule has 3 unspecified atom stereocenters. The van der Waals surface area contributed by atoms with Gasteiger partial charge in [0.25, 0.3) is 0 Å². The van der Waals surface area contributed by atoms with Crippen molar-refractivity contribution in [2.75, 3.05) is 0 Å². The number of carboxylic acids is 1. The predicted molar refractivity (Wildman–Crippen MR) is 68.0 cm³/mol. The number of carbonyl (C=O) groups is 2. The Kier molecular flexibility index (Phi) is 3.16. The summed E-state index contributed by atoms with van der Waals surface area (Å²) in [4.78, 5) is 23.5. The van der Waals surface area contributed by atoms with Crippen LogP contribution < -0.4 is 5.32 Å². The predicted octanol–water partition coefficient (Wildman–Crippen LogP) is 2.18. The lowest BCUT2D eigenvalue weighted by Gasteiger charge is -2.40. The zero-order valence-electron chi connectivity index (χ0n) is 11.5. The highest BCUT2D eigenvalue weighted by molar-refractivity contribution is 5.84. The first kappa shape index (κ1) is 13.4. The molecule has 4 heteroatoms. The van der Waals surface area contributed by atoms with E-state index in [1.165, 1.54) is 0 Å². The first-order valence-electron chi connectivity index (χ1n) is 6.81. The maximum Gasteiger partial charge on any atom is 0.308 e. The van der Waals surface area contributed by atoms with E-state index in [0.29, 0.717) is 6.42 Å². The van der Waals surface area contributed by atoms with Crippen LogP contribution in [0.15, 0.2) is 0 Å². The van der Waals surface area contributed by atoms with Crippen LogP contribution in [-0.2, 0) is 9.59 Å². The molecule has 2 aliphatic carbocycles. The Morgan fingerprint density at radius 2 is 1.78 bits per heavy atom. The van der Waals surface area contributed by atoms with E-state index in [4.69, 9.17) is 0 Å². The molecule has 4 nitrogen and oxygen atoms in total. The molecule has 3 atom stereocenters. The third-order valence-electron chi connectivity index (χ3n) is 4.74. The number of hydrogen-bond acceptors (Lipinski definition) is 2. The lowest BCUT2D eigenvalue weighted by atomic mass is 9.73. The Hall–Kier alpha value is -1.06. The molecule has 2 saturated carbocycles. The molecule has 0 spiro atoms. The van der Waals surface area contributed by atoms with Gasteiger partial charge in [-0.15, -0.1) is 0 Å². The molecule has 0 saturated heterocycles. The van der Waals surface area contributed by atoms with Crippen molar-refractivity contribution in [2.24, 2.45) is 17.3 Å². The topological polar surface area (TPSA) is 66.4 Å². The third kappa shape index (κ3) is 2.38. The number of aliphatic carboxylic acids is 1. The van der Waals surface area contributed by atoms with Gasteiger partial charge in [0.15, 0.2) is 0 Å². The van der Waals surface area contributed by atoms with Gasteiger partial charge in [-0.1, -0.05) is 26.7 Å². The van der Waals surface area contributed by atoms with Crippen LogP contribution >= 0.6 is 0 Å². The van der Waals surface area contributed by atoms with E-state index >= 15 is 0 Å². The summed E-state index contributed by atoms with van der Waals surface area (Å²) >= 11 is 0. The van der Waals surface area contributed by atoms with Crippen LogP contribution in [0.2, 0.25) is 0 Å². The van der Waals surface area contributed by atoms with Gasteiger partial charge in [-0.05, 0) is 31.6 Å². The fourth-order valence-corrected chi connectivity index (χ4v) is 3.16. The van der Waals surface area contributed by atoms with E-state index in [9.17, 15) is 14.7 Å². The Morgan fingerprint density at radius 1 is 1.17 bits per heavy atom. The number of carbonyl (C=O) groups excluding carboxylic acids is 1. The summed E-state index contributed by atoms with van der Waals surface area (Å²) < 4.78 is 0. The fraction of sp³-hybridized carbons (Fsp3) is 0.857. The van der Waals surface area contributed by atoms with Gasteiger partial charge in [0, 0.05) is 5.92 Å². The van der Waals surface area contributed by atoms with E-state index in [2.05, 4.69) is 19.2 Å². The molecular formula is C14H23NO3. The molecule has 2 fully saturated rings. The summed E-state index contributed by atoms with van der Waals surface area (Å²) in [6, 6.07) is 0. The molecule has 0 aromatic rings. The van der Waals surface area contributed by atoms with Crippen molar-refractivity contribution in [1.29, 1.82) is 0 Å². The van der Waals surface area contributed by atoms with Crippen molar-refractivity contribution in [3.63, 3.8) is 0 Å². The van der Waals surface area contributed by atoms with Crippen LogP contribution in [0, 0.1) is 17.3 Å². The van der Waals surface area contributed by atoms with Crippen LogP contribution in [0.25, 0.3) is 0 Å². The molecule has 2 aliphatic rings. The normalized spacial score (nSPS) is 37.9. The zero-order valence-corrected chi connectivity index (χ0v) is 11.5. The molecule has 2 rings (SSSR count). The van der Waals surface area contributed by atoms with Gasteiger partial charge >= 0.3 is 5.97 Å². The number of rotatable bonds is 3. The van der Waals surface area contributed by atoms with Gasteiger partial charge in [-0.3, -0.25) is 9.59 Å². The second-order valence-electron chi connectivity index (χ2n) is 6.79. The smallest absolute Gasteiger partial charge is 0.308 e. The SMILES string of the molecule is CC1(C)CC1C(=O)NC1(C)CCCCC1C(=O)O. The van der Waals surface area contributed by atoms with Crippen LogP contribution in [-0.4, -0.2) is 22.5 Å².